The van der Waals surface area contributed by atoms with E-state index in [-0.39, 0.29) is 17.9 Å². The fourth-order valence-corrected chi connectivity index (χ4v) is 3.07. The molecule has 3 nitrogen and oxygen atoms in total. The molecule has 19 heavy (non-hydrogen) atoms. The number of nitrogens with one attached hydrogen (secondary N) is 1. The molecule has 4 heteroatoms. The van der Waals surface area contributed by atoms with Crippen molar-refractivity contribution in [1.29, 1.82) is 0 Å². The maximum absolute atomic E-state index is 11.9. The van der Waals surface area contributed by atoms with Gasteiger partial charge >= 0.3 is 0 Å². The van der Waals surface area contributed by atoms with Crippen molar-refractivity contribution in [2.45, 2.75) is 52.0 Å². The van der Waals surface area contributed by atoms with E-state index in [1.807, 2.05) is 19.9 Å². The van der Waals surface area contributed by atoms with Crippen LogP contribution in [0.2, 0.25) is 5.02 Å². The van der Waals surface area contributed by atoms with Crippen molar-refractivity contribution < 1.29 is 4.79 Å². The smallest absolute Gasteiger partial charge is 0.232 e. The molecule has 1 aliphatic rings. The number of rotatable bonds is 4. The summed E-state index contributed by atoms with van der Waals surface area (Å²) in [5.41, 5.74) is 10.0. The van der Waals surface area contributed by atoms with Gasteiger partial charge in [0.05, 0.1) is 10.9 Å². The van der Waals surface area contributed by atoms with Gasteiger partial charge in [0.2, 0.25) is 5.91 Å². The molecule has 0 spiro atoms. The highest BCUT2D eigenvalue weighted by atomic mass is 35.5. The Morgan fingerprint density at radius 1 is 1.47 bits per heavy atom. The summed E-state index contributed by atoms with van der Waals surface area (Å²) in [5, 5.41) is 3.63. The lowest BCUT2D eigenvalue weighted by molar-refractivity contribution is -0.117. The number of fused-ring (bicyclic) bond motifs is 1. The Morgan fingerprint density at radius 2 is 2.16 bits per heavy atom. The third kappa shape index (κ3) is 2.37. The molecule has 0 saturated heterocycles. The summed E-state index contributed by atoms with van der Waals surface area (Å²) >= 11 is 6.41. The van der Waals surface area contributed by atoms with E-state index in [0.717, 1.165) is 41.6 Å². The number of hydrogen-bond donors (Lipinski definition) is 2. The first-order valence-electron chi connectivity index (χ1n) is 6.90. The average molecular weight is 281 g/mol. The Balaban J connectivity index is 2.53. The summed E-state index contributed by atoms with van der Waals surface area (Å²) in [6.45, 7) is 6.07. The molecule has 2 rings (SSSR count). The predicted octanol–water partition coefficient (Wildman–Crippen LogP) is 3.89. The van der Waals surface area contributed by atoms with Gasteiger partial charge in [-0.25, -0.2) is 0 Å². The van der Waals surface area contributed by atoms with Crippen molar-refractivity contribution in [3.8, 4) is 0 Å². The van der Waals surface area contributed by atoms with Gasteiger partial charge in [-0.05, 0) is 42.5 Å². The van der Waals surface area contributed by atoms with E-state index in [9.17, 15) is 4.79 Å². The number of amides is 1. The van der Waals surface area contributed by atoms with Crippen LogP contribution in [0.1, 0.15) is 61.8 Å². The highest BCUT2D eigenvalue weighted by Crippen LogP contribution is 2.42. The standard InChI is InChI=1S/C15H21ClN2O/c1-4-6-12(17)11-7-10-9(5-2)15(19)18-14(10)8(3)13(11)16/h7,9,12H,4-6,17H2,1-3H3,(H,18,19). The van der Waals surface area contributed by atoms with Gasteiger partial charge in [0.15, 0.2) is 0 Å². The maximum Gasteiger partial charge on any atom is 0.232 e. The zero-order chi connectivity index (χ0) is 14.2. The molecule has 0 fully saturated rings. The van der Waals surface area contributed by atoms with Gasteiger partial charge < -0.3 is 11.1 Å². The Bertz CT molecular complexity index is 513. The fourth-order valence-electron chi connectivity index (χ4n) is 2.78. The van der Waals surface area contributed by atoms with Gasteiger partial charge in [0.1, 0.15) is 0 Å². The molecule has 1 aromatic rings. The Labute approximate surface area is 119 Å². The topological polar surface area (TPSA) is 55.1 Å². The number of nitrogens with two attached hydrogens (primary N) is 1. The summed E-state index contributed by atoms with van der Waals surface area (Å²) in [5.74, 6) is -0.00331. The lowest BCUT2D eigenvalue weighted by atomic mass is 9.91. The largest absolute Gasteiger partial charge is 0.325 e. The molecule has 0 bridgehead atoms. The second-order valence-corrected chi connectivity index (χ2v) is 5.59. The summed E-state index contributed by atoms with van der Waals surface area (Å²) < 4.78 is 0. The van der Waals surface area contributed by atoms with Crippen molar-refractivity contribution in [2.24, 2.45) is 5.73 Å². The number of benzene rings is 1. The van der Waals surface area contributed by atoms with E-state index in [1.165, 1.54) is 0 Å². The quantitative estimate of drug-likeness (QED) is 0.879. The molecule has 0 aromatic heterocycles. The van der Waals surface area contributed by atoms with Crippen LogP contribution in [-0.4, -0.2) is 5.91 Å². The third-order valence-electron chi connectivity index (χ3n) is 3.90. The molecule has 1 amide bonds. The predicted molar refractivity (Wildman–Crippen MR) is 79.7 cm³/mol. The Kier molecular flexibility index (Phi) is 4.16. The monoisotopic (exact) mass is 280 g/mol. The van der Waals surface area contributed by atoms with Crippen molar-refractivity contribution in [3.05, 3.63) is 27.8 Å². The van der Waals surface area contributed by atoms with Gasteiger partial charge in [-0.1, -0.05) is 31.9 Å². The number of carbonyl (C=O) groups excluding carboxylic acids is 1. The van der Waals surface area contributed by atoms with E-state index >= 15 is 0 Å². The lowest BCUT2D eigenvalue weighted by Gasteiger charge is -2.18. The van der Waals surface area contributed by atoms with Gasteiger partial charge in [0.25, 0.3) is 0 Å². The van der Waals surface area contributed by atoms with E-state index < -0.39 is 0 Å². The van der Waals surface area contributed by atoms with Crippen LogP contribution >= 0.6 is 11.6 Å². The molecule has 3 N–H and O–H groups in total. The fraction of sp³-hybridized carbons (Fsp3) is 0.533. The van der Waals surface area contributed by atoms with Crippen molar-refractivity contribution in [3.63, 3.8) is 0 Å². The van der Waals surface area contributed by atoms with Crippen LogP contribution in [0, 0.1) is 6.92 Å². The molecule has 1 aliphatic heterocycles. The minimum absolute atomic E-state index is 0.0605. The molecule has 0 aliphatic carbocycles. The molecule has 0 radical (unpaired) electrons. The number of hydrogen-bond acceptors (Lipinski definition) is 2. The van der Waals surface area contributed by atoms with E-state index in [1.54, 1.807) is 0 Å². The Hall–Kier alpha value is -1.06. The molecular weight excluding hydrogens is 260 g/mol. The second kappa shape index (κ2) is 5.51. The highest BCUT2D eigenvalue weighted by Gasteiger charge is 2.32. The van der Waals surface area contributed by atoms with Gasteiger partial charge in [-0.2, -0.15) is 0 Å². The molecule has 1 heterocycles. The zero-order valence-electron chi connectivity index (χ0n) is 11.7. The minimum atomic E-state index is -0.0708. The third-order valence-corrected chi connectivity index (χ3v) is 4.41. The zero-order valence-corrected chi connectivity index (χ0v) is 12.5. The van der Waals surface area contributed by atoms with Crippen molar-refractivity contribution in [2.75, 3.05) is 5.32 Å². The summed E-state index contributed by atoms with van der Waals surface area (Å²) in [6.07, 6.45) is 2.71. The summed E-state index contributed by atoms with van der Waals surface area (Å²) in [7, 11) is 0. The first-order valence-corrected chi connectivity index (χ1v) is 7.28. The lowest BCUT2D eigenvalue weighted by Crippen LogP contribution is -2.12. The van der Waals surface area contributed by atoms with Crippen LogP contribution in [0.3, 0.4) is 0 Å². The van der Waals surface area contributed by atoms with Crippen LogP contribution in [0.25, 0.3) is 0 Å². The van der Waals surface area contributed by atoms with Crippen molar-refractivity contribution in [1.82, 2.24) is 0 Å². The molecule has 104 valence electrons. The highest BCUT2D eigenvalue weighted by molar-refractivity contribution is 6.33. The summed E-state index contributed by atoms with van der Waals surface area (Å²) in [6, 6.07) is 1.96. The normalized spacial score (nSPS) is 19.2. The van der Waals surface area contributed by atoms with Crippen LogP contribution in [0.5, 0.6) is 0 Å². The van der Waals surface area contributed by atoms with E-state index in [0.29, 0.717) is 5.02 Å². The first kappa shape index (κ1) is 14.4. The van der Waals surface area contributed by atoms with E-state index in [2.05, 4.69) is 12.2 Å². The van der Waals surface area contributed by atoms with Gasteiger partial charge in [-0.15, -0.1) is 0 Å². The SMILES string of the molecule is CCCC(N)c1cc2c(c(C)c1Cl)NC(=O)C2CC. The number of carbonyl (C=O) groups is 1. The molecular formula is C15H21ClN2O. The number of anilines is 1. The average Bonchev–Trinajstić information content (AvgIpc) is 2.70. The molecule has 1 aromatic carbocycles. The number of halogens is 1. The minimum Gasteiger partial charge on any atom is -0.325 e. The van der Waals surface area contributed by atoms with Crippen LogP contribution in [-0.2, 0) is 4.79 Å². The molecule has 2 unspecified atom stereocenters. The molecule has 0 saturated carbocycles. The van der Waals surface area contributed by atoms with Crippen LogP contribution in [0.15, 0.2) is 6.07 Å². The van der Waals surface area contributed by atoms with Gasteiger partial charge in [-0.3, -0.25) is 4.79 Å². The van der Waals surface area contributed by atoms with Gasteiger partial charge in [0, 0.05) is 11.7 Å². The summed E-state index contributed by atoms with van der Waals surface area (Å²) in [4.78, 5) is 11.9. The second-order valence-electron chi connectivity index (χ2n) is 5.21. The Morgan fingerprint density at radius 3 is 2.74 bits per heavy atom. The van der Waals surface area contributed by atoms with Crippen LogP contribution < -0.4 is 11.1 Å². The molecule has 2 atom stereocenters. The van der Waals surface area contributed by atoms with Crippen molar-refractivity contribution >= 4 is 23.2 Å². The van der Waals surface area contributed by atoms with E-state index in [4.69, 9.17) is 17.3 Å². The maximum atomic E-state index is 11.9. The van der Waals surface area contributed by atoms with Crippen LogP contribution in [0.4, 0.5) is 5.69 Å². The first-order chi connectivity index (χ1) is 9.01.